The summed E-state index contributed by atoms with van der Waals surface area (Å²) >= 11 is 0. The van der Waals surface area contributed by atoms with Crippen LogP contribution in [0, 0.1) is 0 Å². The molecule has 1 amide bonds. The van der Waals surface area contributed by atoms with E-state index in [0.717, 1.165) is 37.2 Å². The van der Waals surface area contributed by atoms with Gasteiger partial charge in [0.2, 0.25) is 0 Å². The monoisotopic (exact) mass is 334 g/mol. The summed E-state index contributed by atoms with van der Waals surface area (Å²) in [7, 11) is 1.88. The first-order valence-corrected chi connectivity index (χ1v) is 8.71. The molecule has 4 rings (SSSR count). The van der Waals surface area contributed by atoms with E-state index >= 15 is 0 Å². The Labute approximate surface area is 147 Å². The van der Waals surface area contributed by atoms with Crippen molar-refractivity contribution in [3.05, 3.63) is 76.8 Å². The lowest BCUT2D eigenvalue weighted by molar-refractivity contribution is 0.0950. The number of nitrogens with zero attached hydrogens (tertiary/aromatic N) is 3. The summed E-state index contributed by atoms with van der Waals surface area (Å²) in [5.74, 6) is -0.0327. The van der Waals surface area contributed by atoms with Crippen molar-refractivity contribution >= 4 is 5.91 Å². The minimum absolute atomic E-state index is 0.0327. The number of allylic oxidation sites excluding steroid dienone is 3. The van der Waals surface area contributed by atoms with Gasteiger partial charge in [-0.2, -0.15) is 5.10 Å². The number of rotatable bonds is 4. The van der Waals surface area contributed by atoms with Gasteiger partial charge in [0.25, 0.3) is 5.91 Å². The van der Waals surface area contributed by atoms with Gasteiger partial charge in [-0.25, -0.2) is 0 Å². The van der Waals surface area contributed by atoms with Gasteiger partial charge in [0, 0.05) is 37.6 Å². The van der Waals surface area contributed by atoms with Gasteiger partial charge in [-0.15, -0.1) is 0 Å². The number of hydrogen-bond donors (Lipinski definition) is 1. The summed E-state index contributed by atoms with van der Waals surface area (Å²) in [6, 6.07) is 8.02. The van der Waals surface area contributed by atoms with Gasteiger partial charge in [0.1, 0.15) is 0 Å². The summed E-state index contributed by atoms with van der Waals surface area (Å²) < 4.78 is 1.77. The molecule has 5 heteroatoms. The third-order valence-corrected chi connectivity index (χ3v) is 5.02. The minimum Gasteiger partial charge on any atom is -0.371 e. The van der Waals surface area contributed by atoms with E-state index in [-0.39, 0.29) is 5.91 Å². The Kier molecular flexibility index (Phi) is 4.14. The maximum absolute atomic E-state index is 12.5. The molecule has 2 aliphatic rings. The summed E-state index contributed by atoms with van der Waals surface area (Å²) in [5, 5.41) is 7.10. The lowest BCUT2D eigenvalue weighted by Crippen LogP contribution is -2.26. The number of aromatic nitrogens is 2. The second-order valence-electron chi connectivity index (χ2n) is 6.55. The van der Waals surface area contributed by atoms with Crippen LogP contribution >= 0.6 is 0 Å². The molecule has 0 unspecified atom stereocenters. The van der Waals surface area contributed by atoms with Gasteiger partial charge >= 0.3 is 0 Å². The van der Waals surface area contributed by atoms with Crippen LogP contribution in [0.1, 0.15) is 27.2 Å². The van der Waals surface area contributed by atoms with Crippen LogP contribution in [0.25, 0.3) is 0 Å². The van der Waals surface area contributed by atoms with Crippen LogP contribution in [-0.4, -0.2) is 33.7 Å². The molecule has 2 aromatic rings. The fourth-order valence-electron chi connectivity index (χ4n) is 3.37. The quantitative estimate of drug-likeness (QED) is 0.933. The van der Waals surface area contributed by atoms with Crippen LogP contribution in [0.4, 0.5) is 0 Å². The number of amides is 1. The molecule has 0 saturated carbocycles. The van der Waals surface area contributed by atoms with Gasteiger partial charge < -0.3 is 10.2 Å². The second-order valence-corrected chi connectivity index (χ2v) is 6.55. The van der Waals surface area contributed by atoms with Crippen molar-refractivity contribution in [3.8, 4) is 0 Å². The topological polar surface area (TPSA) is 50.2 Å². The lowest BCUT2D eigenvalue weighted by Gasteiger charge is -2.26. The number of fused-ring (bicyclic) bond motifs is 1. The number of hydrogen-bond acceptors (Lipinski definition) is 3. The molecule has 0 radical (unpaired) electrons. The van der Waals surface area contributed by atoms with Crippen molar-refractivity contribution in [2.75, 3.05) is 13.1 Å². The zero-order valence-corrected chi connectivity index (χ0v) is 14.4. The number of carbonyl (C=O) groups is 1. The predicted molar refractivity (Wildman–Crippen MR) is 97.0 cm³/mol. The van der Waals surface area contributed by atoms with Crippen molar-refractivity contribution < 1.29 is 4.79 Å². The molecular formula is C20H22N4O. The summed E-state index contributed by atoms with van der Waals surface area (Å²) in [4.78, 5) is 14.9. The van der Waals surface area contributed by atoms with Crippen LogP contribution in [0.5, 0.6) is 0 Å². The van der Waals surface area contributed by atoms with Crippen molar-refractivity contribution in [2.24, 2.45) is 7.05 Å². The van der Waals surface area contributed by atoms with Crippen molar-refractivity contribution in [1.29, 1.82) is 0 Å². The van der Waals surface area contributed by atoms with E-state index < -0.39 is 0 Å². The molecule has 1 aromatic carbocycles. The summed E-state index contributed by atoms with van der Waals surface area (Å²) in [6.45, 7) is 2.53. The van der Waals surface area contributed by atoms with E-state index in [1.165, 1.54) is 16.8 Å². The van der Waals surface area contributed by atoms with E-state index in [2.05, 4.69) is 45.7 Å². The molecule has 0 saturated heterocycles. The van der Waals surface area contributed by atoms with Crippen LogP contribution in [0.2, 0.25) is 0 Å². The second kappa shape index (κ2) is 6.59. The van der Waals surface area contributed by atoms with E-state index in [9.17, 15) is 4.79 Å². The molecule has 0 fully saturated rings. The Morgan fingerprint density at radius 3 is 2.68 bits per heavy atom. The van der Waals surface area contributed by atoms with Crippen molar-refractivity contribution in [1.82, 2.24) is 20.0 Å². The van der Waals surface area contributed by atoms with Crippen LogP contribution in [-0.2, 0) is 26.4 Å². The van der Waals surface area contributed by atoms with E-state index in [0.29, 0.717) is 6.54 Å². The molecule has 1 aromatic heterocycles. The number of nitrogens with one attached hydrogen (secondary N) is 1. The minimum atomic E-state index is -0.0327. The maximum atomic E-state index is 12.5. The Balaban J connectivity index is 1.43. The smallest absolute Gasteiger partial charge is 0.251 e. The molecule has 25 heavy (non-hydrogen) atoms. The highest BCUT2D eigenvalue weighted by molar-refractivity contribution is 5.94. The molecule has 1 N–H and O–H groups in total. The Morgan fingerprint density at radius 1 is 1.20 bits per heavy atom. The largest absolute Gasteiger partial charge is 0.371 e. The highest BCUT2D eigenvalue weighted by Crippen LogP contribution is 2.22. The van der Waals surface area contributed by atoms with E-state index in [4.69, 9.17) is 0 Å². The van der Waals surface area contributed by atoms with Crippen molar-refractivity contribution in [2.45, 2.75) is 19.4 Å². The SMILES string of the molecule is Cn1nccc1CNC(=O)c1ccc2c(c1)CCN(C1=CC=C1)CC2. The molecule has 0 bridgehead atoms. The normalized spacial score (nSPS) is 15.9. The Morgan fingerprint density at radius 2 is 2.00 bits per heavy atom. The lowest BCUT2D eigenvalue weighted by atomic mass is 10.00. The first-order valence-electron chi connectivity index (χ1n) is 8.71. The molecule has 128 valence electrons. The maximum Gasteiger partial charge on any atom is 0.251 e. The average molecular weight is 334 g/mol. The fourth-order valence-corrected chi connectivity index (χ4v) is 3.37. The van der Waals surface area contributed by atoms with Gasteiger partial charge in [0.05, 0.1) is 12.2 Å². The predicted octanol–water partition coefficient (Wildman–Crippen LogP) is 2.20. The molecule has 1 aliphatic carbocycles. The first-order chi connectivity index (χ1) is 12.2. The van der Waals surface area contributed by atoms with E-state index in [1.807, 2.05) is 19.2 Å². The zero-order chi connectivity index (χ0) is 17.2. The molecule has 5 nitrogen and oxygen atoms in total. The number of carbonyl (C=O) groups excluding carboxylic acids is 1. The molecular weight excluding hydrogens is 312 g/mol. The Hall–Kier alpha value is -2.82. The first kappa shape index (κ1) is 15.7. The van der Waals surface area contributed by atoms with E-state index in [1.54, 1.807) is 10.9 Å². The Bertz CT molecular complexity index is 862. The van der Waals surface area contributed by atoms with Crippen LogP contribution < -0.4 is 5.32 Å². The third-order valence-electron chi connectivity index (χ3n) is 5.02. The molecule has 1 aliphatic heterocycles. The number of aryl methyl sites for hydroxylation is 1. The number of benzene rings is 1. The molecule has 0 spiro atoms. The zero-order valence-electron chi connectivity index (χ0n) is 14.4. The highest BCUT2D eigenvalue weighted by Gasteiger charge is 2.17. The van der Waals surface area contributed by atoms with Gasteiger partial charge in [-0.05, 0) is 54.3 Å². The van der Waals surface area contributed by atoms with Crippen molar-refractivity contribution in [3.63, 3.8) is 0 Å². The summed E-state index contributed by atoms with van der Waals surface area (Å²) in [6.07, 6.45) is 10.1. The third kappa shape index (κ3) is 3.22. The molecule has 2 heterocycles. The highest BCUT2D eigenvalue weighted by atomic mass is 16.1. The average Bonchev–Trinajstić information content (AvgIpc) is 2.87. The van der Waals surface area contributed by atoms with Gasteiger partial charge in [-0.3, -0.25) is 9.48 Å². The standard InChI is InChI=1S/C20H22N4O/c1-23-19(7-10-22-23)14-21-20(25)17-6-5-15-8-11-24(18-3-2-4-18)12-9-16(15)13-17/h2-7,10,13H,8-9,11-12,14H2,1H3,(H,21,25). The summed E-state index contributed by atoms with van der Waals surface area (Å²) in [5.41, 5.74) is 5.69. The molecule has 0 atom stereocenters. The van der Waals surface area contributed by atoms with Crippen LogP contribution in [0.3, 0.4) is 0 Å². The fraction of sp³-hybridized carbons (Fsp3) is 0.300. The van der Waals surface area contributed by atoms with Gasteiger partial charge in [-0.1, -0.05) is 12.1 Å². The van der Waals surface area contributed by atoms with Gasteiger partial charge in [0.15, 0.2) is 0 Å². The van der Waals surface area contributed by atoms with Crippen LogP contribution in [0.15, 0.2) is 54.4 Å².